The fraction of sp³-hybridized carbons (Fsp3) is 0.579. The van der Waals surface area contributed by atoms with Gasteiger partial charge in [-0.05, 0) is 51.7 Å². The molecule has 6 heteroatoms. The Morgan fingerprint density at radius 2 is 1.80 bits per heavy atom. The zero-order valence-electron chi connectivity index (χ0n) is 15.1. The Bertz CT molecular complexity index is 569. The molecule has 0 aliphatic heterocycles. The van der Waals surface area contributed by atoms with Gasteiger partial charge in [-0.3, -0.25) is 10.1 Å². The molecule has 0 heterocycles. The van der Waals surface area contributed by atoms with Gasteiger partial charge in [0.05, 0.1) is 6.04 Å². The van der Waals surface area contributed by atoms with E-state index in [-0.39, 0.29) is 24.3 Å². The third-order valence-electron chi connectivity index (χ3n) is 4.59. The number of halogens is 1. The summed E-state index contributed by atoms with van der Waals surface area (Å²) >= 11 is 0. The number of carbonyl (C=O) groups excluding carboxylic acids is 2. The van der Waals surface area contributed by atoms with Crippen molar-refractivity contribution in [1.29, 1.82) is 0 Å². The van der Waals surface area contributed by atoms with Gasteiger partial charge in [-0.1, -0.05) is 18.6 Å². The molecule has 2 rings (SSSR count). The molecule has 0 radical (unpaired) electrons. The van der Waals surface area contributed by atoms with E-state index in [0.29, 0.717) is 12.6 Å². The maximum atomic E-state index is 13.1. The van der Waals surface area contributed by atoms with Crippen LogP contribution >= 0.6 is 0 Å². The average molecular weight is 350 g/mol. The zero-order valence-corrected chi connectivity index (χ0v) is 15.1. The minimum Gasteiger partial charge on any atom is -0.336 e. The van der Waals surface area contributed by atoms with Crippen LogP contribution in [0.25, 0.3) is 0 Å². The minimum absolute atomic E-state index is 0.0196. The normalized spacial score (nSPS) is 16.5. The zero-order chi connectivity index (χ0) is 18.2. The van der Waals surface area contributed by atoms with E-state index in [4.69, 9.17) is 0 Å². The second kappa shape index (κ2) is 9.51. The van der Waals surface area contributed by atoms with E-state index < -0.39 is 6.03 Å². The Morgan fingerprint density at radius 1 is 1.16 bits per heavy atom. The predicted octanol–water partition coefficient (Wildman–Crippen LogP) is 1.78. The first kappa shape index (κ1) is 19.4. The number of imide groups is 1. The topological polar surface area (TPSA) is 62.6 Å². The van der Waals surface area contributed by atoms with Crippen molar-refractivity contribution in [3.8, 4) is 0 Å². The number of quaternary nitrogens is 1. The summed E-state index contributed by atoms with van der Waals surface area (Å²) in [4.78, 5) is 25.1. The number of nitrogens with one attached hydrogen (secondary N) is 3. The van der Waals surface area contributed by atoms with Gasteiger partial charge in [0, 0.05) is 11.6 Å². The Balaban J connectivity index is 1.99. The lowest BCUT2D eigenvalue weighted by Gasteiger charge is -2.31. The molecule has 25 heavy (non-hydrogen) atoms. The summed E-state index contributed by atoms with van der Waals surface area (Å²) in [5.74, 6) is -0.535. The Labute approximate surface area is 149 Å². The Morgan fingerprint density at radius 3 is 2.40 bits per heavy atom. The molecule has 0 spiro atoms. The third-order valence-corrected chi connectivity index (χ3v) is 4.59. The highest BCUT2D eigenvalue weighted by atomic mass is 19.1. The van der Waals surface area contributed by atoms with E-state index >= 15 is 0 Å². The van der Waals surface area contributed by atoms with E-state index in [1.165, 1.54) is 31.4 Å². The average Bonchev–Trinajstić information content (AvgIpc) is 2.56. The van der Waals surface area contributed by atoms with Crippen molar-refractivity contribution in [3.63, 3.8) is 0 Å². The van der Waals surface area contributed by atoms with Crippen LogP contribution in [0.5, 0.6) is 0 Å². The number of carbonyl (C=O) groups is 2. The Hall–Kier alpha value is -1.95. The van der Waals surface area contributed by atoms with E-state index in [2.05, 4.69) is 10.6 Å². The first-order chi connectivity index (χ1) is 11.9. The molecule has 1 saturated carbocycles. The summed E-state index contributed by atoms with van der Waals surface area (Å²) in [7, 11) is 0. The molecule has 0 bridgehead atoms. The van der Waals surface area contributed by atoms with Crippen LogP contribution < -0.4 is 15.5 Å². The molecule has 1 atom stereocenters. The molecule has 0 saturated heterocycles. The highest BCUT2D eigenvalue weighted by Crippen LogP contribution is 2.15. The molecular formula is C19H29FN3O2+. The molecule has 1 aliphatic carbocycles. The predicted molar refractivity (Wildman–Crippen MR) is 94.6 cm³/mol. The molecule has 3 amide bonds. The van der Waals surface area contributed by atoms with Crippen LogP contribution in [0.2, 0.25) is 0 Å². The summed E-state index contributed by atoms with van der Waals surface area (Å²) in [6, 6.07) is 6.35. The van der Waals surface area contributed by atoms with Crippen LogP contribution in [0, 0.1) is 5.82 Å². The number of hydrogen-bond acceptors (Lipinski definition) is 2. The largest absolute Gasteiger partial charge is 0.336 e. The number of rotatable bonds is 6. The lowest BCUT2D eigenvalue weighted by molar-refractivity contribution is -0.932. The van der Waals surface area contributed by atoms with Gasteiger partial charge in [0.1, 0.15) is 12.4 Å². The number of urea groups is 1. The third kappa shape index (κ3) is 6.82. The van der Waals surface area contributed by atoms with E-state index in [1.54, 1.807) is 12.1 Å². The van der Waals surface area contributed by atoms with Crippen LogP contribution in [0.4, 0.5) is 9.18 Å². The van der Waals surface area contributed by atoms with E-state index in [1.807, 2.05) is 13.8 Å². The molecule has 138 valence electrons. The highest BCUT2D eigenvalue weighted by Gasteiger charge is 2.27. The summed E-state index contributed by atoms with van der Waals surface area (Å²) in [5.41, 5.74) is 1.00. The molecule has 5 nitrogen and oxygen atoms in total. The standard InChI is InChI=1S/C19H28FN3O2/c1-14(2)21-19(25)22-18(24)13-23(17-6-4-3-5-7-17)12-15-8-10-16(20)11-9-15/h8-11,14,17H,3-7,12-13H2,1-2H3,(H2,21,22,24,25)/p+1. The fourth-order valence-corrected chi connectivity index (χ4v) is 3.40. The maximum absolute atomic E-state index is 13.1. The van der Waals surface area contributed by atoms with Crippen molar-refractivity contribution >= 4 is 11.9 Å². The van der Waals surface area contributed by atoms with Gasteiger partial charge in [0.15, 0.2) is 6.54 Å². The van der Waals surface area contributed by atoms with Crippen LogP contribution in [0.15, 0.2) is 24.3 Å². The molecule has 1 aliphatic rings. The summed E-state index contributed by atoms with van der Waals surface area (Å²) < 4.78 is 13.1. The Kier molecular flexibility index (Phi) is 7.37. The van der Waals surface area contributed by atoms with E-state index in [9.17, 15) is 14.0 Å². The number of hydrogen-bond donors (Lipinski definition) is 3. The molecule has 1 aromatic carbocycles. The maximum Gasteiger partial charge on any atom is 0.321 e. The molecular weight excluding hydrogens is 321 g/mol. The van der Waals surface area contributed by atoms with Crippen molar-refractivity contribution in [2.45, 2.75) is 64.6 Å². The van der Waals surface area contributed by atoms with Gasteiger partial charge >= 0.3 is 6.03 Å². The molecule has 1 unspecified atom stereocenters. The second-order valence-corrected chi connectivity index (χ2v) is 7.15. The van der Waals surface area contributed by atoms with Crippen molar-refractivity contribution < 1.29 is 18.9 Å². The lowest BCUT2D eigenvalue weighted by atomic mass is 9.93. The summed E-state index contributed by atoms with van der Waals surface area (Å²) in [6.07, 6.45) is 5.76. The second-order valence-electron chi connectivity index (χ2n) is 7.15. The lowest BCUT2D eigenvalue weighted by Crippen LogP contribution is -3.15. The van der Waals surface area contributed by atoms with Crippen molar-refractivity contribution in [3.05, 3.63) is 35.6 Å². The smallest absolute Gasteiger partial charge is 0.321 e. The minimum atomic E-state index is -0.454. The number of amides is 3. The van der Waals surface area contributed by atoms with Crippen molar-refractivity contribution in [2.24, 2.45) is 0 Å². The van der Waals surface area contributed by atoms with Gasteiger partial charge in [-0.25, -0.2) is 9.18 Å². The number of benzene rings is 1. The van der Waals surface area contributed by atoms with Crippen molar-refractivity contribution in [1.82, 2.24) is 10.6 Å². The van der Waals surface area contributed by atoms with Crippen LogP contribution in [-0.4, -0.2) is 30.6 Å². The van der Waals surface area contributed by atoms with Gasteiger partial charge < -0.3 is 10.2 Å². The molecule has 3 N–H and O–H groups in total. The van der Waals surface area contributed by atoms with E-state index in [0.717, 1.165) is 23.3 Å². The van der Waals surface area contributed by atoms with Crippen LogP contribution in [0.3, 0.4) is 0 Å². The van der Waals surface area contributed by atoms with Crippen LogP contribution in [-0.2, 0) is 11.3 Å². The van der Waals surface area contributed by atoms with Gasteiger partial charge in [-0.2, -0.15) is 0 Å². The molecule has 1 aromatic rings. The first-order valence-corrected chi connectivity index (χ1v) is 9.13. The van der Waals surface area contributed by atoms with Crippen molar-refractivity contribution in [2.75, 3.05) is 6.54 Å². The molecule has 1 fully saturated rings. The highest BCUT2D eigenvalue weighted by molar-refractivity contribution is 5.94. The SMILES string of the molecule is CC(C)NC(=O)NC(=O)C[NH+](Cc1ccc(F)cc1)C1CCCCC1. The summed E-state index contributed by atoms with van der Waals surface area (Å²) in [6.45, 7) is 4.59. The van der Waals surface area contributed by atoms with Gasteiger partial charge in [0.25, 0.3) is 5.91 Å². The van der Waals surface area contributed by atoms with Crippen LogP contribution in [0.1, 0.15) is 51.5 Å². The first-order valence-electron chi connectivity index (χ1n) is 9.13. The molecule has 0 aromatic heterocycles. The summed E-state index contributed by atoms with van der Waals surface area (Å²) in [5, 5.41) is 5.07. The quantitative estimate of drug-likeness (QED) is 0.732. The van der Waals surface area contributed by atoms with Gasteiger partial charge in [-0.15, -0.1) is 0 Å². The van der Waals surface area contributed by atoms with Gasteiger partial charge in [0.2, 0.25) is 0 Å². The monoisotopic (exact) mass is 350 g/mol. The fourth-order valence-electron chi connectivity index (χ4n) is 3.40.